The first kappa shape index (κ1) is 14.1. The standard InChI is InChI=1S/C14H13ClN2O3/c15-7-6-13(18)16-10-3-1-4-11(9-10)17-14(19)12-5-2-8-20-12/h1-5,8-9H,6-7H2,(H,16,18)(H,17,19). The lowest BCUT2D eigenvalue weighted by Crippen LogP contribution is -2.13. The summed E-state index contributed by atoms with van der Waals surface area (Å²) in [5, 5.41) is 5.37. The second-order valence-corrected chi connectivity index (χ2v) is 4.38. The summed E-state index contributed by atoms with van der Waals surface area (Å²) in [6.07, 6.45) is 1.67. The molecule has 0 atom stereocenters. The molecule has 5 nitrogen and oxygen atoms in total. The second-order valence-electron chi connectivity index (χ2n) is 4.00. The summed E-state index contributed by atoms with van der Waals surface area (Å²) in [4.78, 5) is 23.2. The summed E-state index contributed by atoms with van der Waals surface area (Å²) in [7, 11) is 0. The zero-order valence-corrected chi connectivity index (χ0v) is 11.3. The molecule has 0 saturated carbocycles. The molecule has 1 aromatic heterocycles. The van der Waals surface area contributed by atoms with Gasteiger partial charge in [0.2, 0.25) is 5.91 Å². The molecule has 104 valence electrons. The summed E-state index contributed by atoms with van der Waals surface area (Å²) in [6, 6.07) is 10.0. The Morgan fingerprint density at radius 2 is 1.85 bits per heavy atom. The maximum absolute atomic E-state index is 11.8. The summed E-state index contributed by atoms with van der Waals surface area (Å²) >= 11 is 5.49. The Balaban J connectivity index is 2.02. The number of amides is 2. The van der Waals surface area contributed by atoms with Gasteiger partial charge in [-0.2, -0.15) is 0 Å². The molecule has 0 bridgehead atoms. The Morgan fingerprint density at radius 1 is 1.10 bits per heavy atom. The molecule has 0 saturated heterocycles. The van der Waals surface area contributed by atoms with Crippen LogP contribution in [0.1, 0.15) is 17.0 Å². The van der Waals surface area contributed by atoms with Crippen molar-refractivity contribution in [3.63, 3.8) is 0 Å². The smallest absolute Gasteiger partial charge is 0.291 e. The molecule has 20 heavy (non-hydrogen) atoms. The van der Waals surface area contributed by atoms with Gasteiger partial charge in [-0.3, -0.25) is 9.59 Å². The highest BCUT2D eigenvalue weighted by Gasteiger charge is 2.09. The number of alkyl halides is 1. The van der Waals surface area contributed by atoms with Crippen LogP contribution in [-0.2, 0) is 4.79 Å². The maximum Gasteiger partial charge on any atom is 0.291 e. The van der Waals surface area contributed by atoms with Crippen LogP contribution in [0.2, 0.25) is 0 Å². The molecule has 0 fully saturated rings. The van der Waals surface area contributed by atoms with E-state index in [0.717, 1.165) is 0 Å². The Kier molecular flexibility index (Phi) is 4.79. The Hall–Kier alpha value is -2.27. The number of hydrogen-bond donors (Lipinski definition) is 2. The van der Waals surface area contributed by atoms with Gasteiger partial charge in [-0.1, -0.05) is 6.07 Å². The number of nitrogens with one attached hydrogen (secondary N) is 2. The van der Waals surface area contributed by atoms with E-state index in [0.29, 0.717) is 11.4 Å². The molecule has 6 heteroatoms. The van der Waals surface area contributed by atoms with Crippen molar-refractivity contribution in [2.45, 2.75) is 6.42 Å². The number of carbonyl (C=O) groups excluding carboxylic acids is 2. The second kappa shape index (κ2) is 6.77. The molecule has 2 rings (SSSR count). The third-order valence-corrected chi connectivity index (χ3v) is 2.66. The molecule has 0 unspecified atom stereocenters. The normalized spacial score (nSPS) is 10.1. The lowest BCUT2D eigenvalue weighted by molar-refractivity contribution is -0.115. The van der Waals surface area contributed by atoms with Gasteiger partial charge < -0.3 is 15.1 Å². The highest BCUT2D eigenvalue weighted by atomic mass is 35.5. The number of benzene rings is 1. The number of carbonyl (C=O) groups is 2. The molecule has 1 aromatic carbocycles. The number of anilines is 2. The molecule has 0 aliphatic heterocycles. The molecular formula is C14H13ClN2O3. The molecule has 0 spiro atoms. The van der Waals surface area contributed by atoms with Crippen LogP contribution >= 0.6 is 11.6 Å². The van der Waals surface area contributed by atoms with Gasteiger partial charge >= 0.3 is 0 Å². The SMILES string of the molecule is O=C(CCCl)Nc1cccc(NC(=O)c2ccco2)c1. The van der Waals surface area contributed by atoms with Crippen LogP contribution in [0, 0.1) is 0 Å². The van der Waals surface area contributed by atoms with Crippen molar-refractivity contribution >= 4 is 34.8 Å². The molecule has 1 heterocycles. The van der Waals surface area contributed by atoms with E-state index in [4.69, 9.17) is 16.0 Å². The molecule has 2 aromatic rings. The van der Waals surface area contributed by atoms with E-state index < -0.39 is 0 Å². The van der Waals surface area contributed by atoms with Gasteiger partial charge in [0.05, 0.1) is 6.26 Å². The van der Waals surface area contributed by atoms with Crippen LogP contribution in [0.4, 0.5) is 11.4 Å². The van der Waals surface area contributed by atoms with Gasteiger partial charge in [-0.05, 0) is 30.3 Å². The fourth-order valence-corrected chi connectivity index (χ4v) is 1.76. The Bertz CT molecular complexity index is 596. The Labute approximate surface area is 120 Å². The van der Waals surface area contributed by atoms with Gasteiger partial charge in [0.15, 0.2) is 5.76 Å². The van der Waals surface area contributed by atoms with E-state index >= 15 is 0 Å². The van der Waals surface area contributed by atoms with Crippen molar-refractivity contribution in [1.29, 1.82) is 0 Å². The predicted octanol–water partition coefficient (Wildman–Crippen LogP) is 3.10. The summed E-state index contributed by atoms with van der Waals surface area (Å²) in [5.41, 5.74) is 1.16. The van der Waals surface area contributed by atoms with E-state index in [1.165, 1.54) is 6.26 Å². The minimum absolute atomic E-state index is 0.172. The highest BCUT2D eigenvalue weighted by Crippen LogP contribution is 2.16. The summed E-state index contributed by atoms with van der Waals surface area (Å²) in [5.74, 6) is -0.0314. The lowest BCUT2D eigenvalue weighted by Gasteiger charge is -2.07. The first-order valence-electron chi connectivity index (χ1n) is 6.00. The van der Waals surface area contributed by atoms with Gasteiger partial charge in [0.25, 0.3) is 5.91 Å². The zero-order chi connectivity index (χ0) is 14.4. The molecule has 2 amide bonds. The van der Waals surface area contributed by atoms with Crippen LogP contribution in [0.15, 0.2) is 47.1 Å². The van der Waals surface area contributed by atoms with E-state index in [-0.39, 0.29) is 29.9 Å². The number of halogens is 1. The average Bonchev–Trinajstić information content (AvgIpc) is 2.93. The van der Waals surface area contributed by atoms with Crippen LogP contribution in [0.5, 0.6) is 0 Å². The predicted molar refractivity (Wildman–Crippen MR) is 77.1 cm³/mol. The van der Waals surface area contributed by atoms with Crippen molar-refractivity contribution in [3.8, 4) is 0 Å². The van der Waals surface area contributed by atoms with E-state index in [1.54, 1.807) is 36.4 Å². The van der Waals surface area contributed by atoms with E-state index in [9.17, 15) is 9.59 Å². The van der Waals surface area contributed by atoms with Crippen LogP contribution < -0.4 is 10.6 Å². The molecular weight excluding hydrogens is 280 g/mol. The first-order valence-corrected chi connectivity index (χ1v) is 6.53. The van der Waals surface area contributed by atoms with Gasteiger partial charge in [-0.15, -0.1) is 11.6 Å². The third-order valence-electron chi connectivity index (χ3n) is 2.47. The third kappa shape index (κ3) is 3.86. The number of hydrogen-bond acceptors (Lipinski definition) is 3. The van der Waals surface area contributed by atoms with Crippen molar-refractivity contribution in [3.05, 3.63) is 48.4 Å². The van der Waals surface area contributed by atoms with Crippen LogP contribution in [0.25, 0.3) is 0 Å². The summed E-state index contributed by atoms with van der Waals surface area (Å²) in [6.45, 7) is 0. The average molecular weight is 293 g/mol. The quantitative estimate of drug-likeness (QED) is 0.832. The fourth-order valence-electron chi connectivity index (χ4n) is 1.58. The van der Waals surface area contributed by atoms with Gasteiger partial charge in [-0.25, -0.2) is 0 Å². The van der Waals surface area contributed by atoms with Crippen molar-refractivity contribution in [1.82, 2.24) is 0 Å². The summed E-state index contributed by atoms with van der Waals surface area (Å²) < 4.78 is 5.00. The maximum atomic E-state index is 11.8. The number of rotatable bonds is 5. The number of furan rings is 1. The van der Waals surface area contributed by atoms with Gasteiger partial charge in [0.1, 0.15) is 0 Å². The van der Waals surface area contributed by atoms with Gasteiger partial charge in [0, 0.05) is 23.7 Å². The monoisotopic (exact) mass is 292 g/mol. The van der Waals surface area contributed by atoms with Crippen molar-refractivity contribution in [2.24, 2.45) is 0 Å². The largest absolute Gasteiger partial charge is 0.459 e. The zero-order valence-electron chi connectivity index (χ0n) is 10.6. The van der Waals surface area contributed by atoms with Crippen molar-refractivity contribution in [2.75, 3.05) is 16.5 Å². The minimum Gasteiger partial charge on any atom is -0.459 e. The first-order chi connectivity index (χ1) is 9.69. The van der Waals surface area contributed by atoms with Crippen LogP contribution in [0.3, 0.4) is 0 Å². The molecule has 0 radical (unpaired) electrons. The highest BCUT2D eigenvalue weighted by molar-refractivity contribution is 6.19. The molecule has 2 N–H and O–H groups in total. The van der Waals surface area contributed by atoms with E-state index in [1.807, 2.05) is 0 Å². The molecule has 0 aliphatic carbocycles. The minimum atomic E-state index is -0.348. The fraction of sp³-hybridized carbons (Fsp3) is 0.143. The molecule has 0 aliphatic rings. The van der Waals surface area contributed by atoms with Crippen LogP contribution in [-0.4, -0.2) is 17.7 Å². The van der Waals surface area contributed by atoms with E-state index in [2.05, 4.69) is 10.6 Å². The topological polar surface area (TPSA) is 71.3 Å². The van der Waals surface area contributed by atoms with Crippen molar-refractivity contribution < 1.29 is 14.0 Å². The Morgan fingerprint density at radius 3 is 2.50 bits per heavy atom. The lowest BCUT2D eigenvalue weighted by atomic mass is 10.2.